The molecule has 3 heterocycles. The lowest BCUT2D eigenvalue weighted by atomic mass is 10.0. The van der Waals surface area contributed by atoms with Crippen molar-refractivity contribution in [3.8, 4) is 11.3 Å². The van der Waals surface area contributed by atoms with Gasteiger partial charge < -0.3 is 14.7 Å². The van der Waals surface area contributed by atoms with Gasteiger partial charge in [-0.1, -0.05) is 5.16 Å². The van der Waals surface area contributed by atoms with Gasteiger partial charge in [-0.3, -0.25) is 4.79 Å². The smallest absolute Gasteiger partial charge is 0.259 e. The zero-order chi connectivity index (χ0) is 18.3. The quantitative estimate of drug-likeness (QED) is 0.766. The van der Waals surface area contributed by atoms with Crippen LogP contribution in [-0.2, 0) is 0 Å². The largest absolute Gasteiger partial charge is 0.336 e. The highest BCUT2D eigenvalue weighted by Gasteiger charge is 2.26. The van der Waals surface area contributed by atoms with Crippen LogP contribution in [0.3, 0.4) is 0 Å². The first-order valence-electron chi connectivity index (χ1n) is 8.58. The Kier molecular flexibility index (Phi) is 4.16. The summed E-state index contributed by atoms with van der Waals surface area (Å²) >= 11 is 0. The number of hydrogen-bond donors (Lipinski definition) is 1. The summed E-state index contributed by atoms with van der Waals surface area (Å²) in [6, 6.07) is 7.99. The molecule has 1 unspecified atom stereocenters. The van der Waals surface area contributed by atoms with E-state index in [-0.39, 0.29) is 17.8 Å². The molecular formula is C19H19FN4O2. The molecule has 0 radical (unpaired) electrons. The molecule has 4 rings (SSSR count). The van der Waals surface area contributed by atoms with E-state index in [0.29, 0.717) is 46.7 Å². The van der Waals surface area contributed by atoms with Crippen molar-refractivity contribution in [2.75, 3.05) is 19.6 Å². The molecule has 1 aliphatic heterocycles. The maximum absolute atomic E-state index is 13.2. The number of pyridine rings is 1. The standard InChI is InChI=1S/C19H19FN4O2/c1-11-10-24(8-7-21-11)19(25)15-9-16(13-3-5-14(20)6-4-13)22-18-17(15)12(2)23-26-18/h3-6,9,11,21H,7-8,10H2,1-2H3. The van der Waals surface area contributed by atoms with E-state index in [2.05, 4.69) is 22.4 Å². The van der Waals surface area contributed by atoms with Gasteiger partial charge in [0.2, 0.25) is 0 Å². The summed E-state index contributed by atoms with van der Waals surface area (Å²) in [5.41, 5.74) is 2.73. The molecule has 6 nitrogen and oxygen atoms in total. The lowest BCUT2D eigenvalue weighted by Gasteiger charge is -2.32. The Morgan fingerprint density at radius 2 is 2.12 bits per heavy atom. The molecule has 0 aliphatic carbocycles. The number of hydrogen-bond acceptors (Lipinski definition) is 5. The summed E-state index contributed by atoms with van der Waals surface area (Å²) < 4.78 is 18.5. The molecule has 1 fully saturated rings. The number of carbonyl (C=O) groups is 1. The highest BCUT2D eigenvalue weighted by Crippen LogP contribution is 2.28. The van der Waals surface area contributed by atoms with Crippen LogP contribution in [0.2, 0.25) is 0 Å². The third kappa shape index (κ3) is 2.94. The zero-order valence-electron chi connectivity index (χ0n) is 14.6. The third-order valence-corrected chi connectivity index (χ3v) is 4.64. The van der Waals surface area contributed by atoms with Gasteiger partial charge in [-0.25, -0.2) is 9.37 Å². The van der Waals surface area contributed by atoms with Gasteiger partial charge in [0, 0.05) is 31.2 Å². The van der Waals surface area contributed by atoms with Crippen molar-refractivity contribution < 1.29 is 13.7 Å². The van der Waals surface area contributed by atoms with Crippen LogP contribution < -0.4 is 5.32 Å². The van der Waals surface area contributed by atoms with Crippen molar-refractivity contribution in [3.05, 3.63) is 47.4 Å². The maximum atomic E-state index is 13.2. The van der Waals surface area contributed by atoms with E-state index in [1.54, 1.807) is 25.1 Å². The van der Waals surface area contributed by atoms with Crippen LogP contribution >= 0.6 is 0 Å². The van der Waals surface area contributed by atoms with Gasteiger partial charge in [0.05, 0.1) is 22.3 Å². The normalized spacial score (nSPS) is 17.7. The van der Waals surface area contributed by atoms with Crippen molar-refractivity contribution in [1.82, 2.24) is 20.4 Å². The molecule has 3 aromatic rings. The predicted molar refractivity (Wildman–Crippen MR) is 95.3 cm³/mol. The topological polar surface area (TPSA) is 71.3 Å². The summed E-state index contributed by atoms with van der Waals surface area (Å²) in [4.78, 5) is 19.5. The maximum Gasteiger partial charge on any atom is 0.259 e. The zero-order valence-corrected chi connectivity index (χ0v) is 14.6. The number of amides is 1. The first-order chi connectivity index (χ1) is 12.5. The Morgan fingerprint density at radius 3 is 2.85 bits per heavy atom. The van der Waals surface area contributed by atoms with Crippen LogP contribution in [-0.4, -0.2) is 46.6 Å². The van der Waals surface area contributed by atoms with Crippen molar-refractivity contribution in [3.63, 3.8) is 0 Å². The SMILES string of the molecule is Cc1noc2nc(-c3ccc(F)cc3)cc(C(=O)N3CCNC(C)C3)c12. The fraction of sp³-hybridized carbons (Fsp3) is 0.316. The van der Waals surface area contributed by atoms with E-state index >= 15 is 0 Å². The molecule has 2 aromatic heterocycles. The van der Waals surface area contributed by atoms with E-state index in [9.17, 15) is 9.18 Å². The fourth-order valence-corrected chi connectivity index (χ4v) is 3.32. The van der Waals surface area contributed by atoms with Crippen molar-refractivity contribution in [2.24, 2.45) is 0 Å². The van der Waals surface area contributed by atoms with Gasteiger partial charge in [0.25, 0.3) is 11.6 Å². The van der Waals surface area contributed by atoms with Gasteiger partial charge in [-0.15, -0.1) is 0 Å². The minimum atomic E-state index is -0.323. The van der Waals surface area contributed by atoms with E-state index < -0.39 is 0 Å². The molecule has 26 heavy (non-hydrogen) atoms. The number of nitrogens with zero attached hydrogens (tertiary/aromatic N) is 3. The molecule has 1 saturated heterocycles. The van der Waals surface area contributed by atoms with Crippen LogP contribution in [0.1, 0.15) is 23.0 Å². The summed E-state index contributed by atoms with van der Waals surface area (Å²) in [5.74, 6) is -0.392. The predicted octanol–water partition coefficient (Wildman–Crippen LogP) is 2.77. The van der Waals surface area contributed by atoms with Gasteiger partial charge in [0.15, 0.2) is 0 Å². The fourth-order valence-electron chi connectivity index (χ4n) is 3.32. The van der Waals surface area contributed by atoms with Crippen LogP contribution in [0.4, 0.5) is 4.39 Å². The number of nitrogens with one attached hydrogen (secondary N) is 1. The highest BCUT2D eigenvalue weighted by molar-refractivity contribution is 6.07. The van der Waals surface area contributed by atoms with E-state index in [1.807, 2.05) is 4.90 Å². The van der Waals surface area contributed by atoms with Gasteiger partial charge in [-0.05, 0) is 44.2 Å². The molecule has 134 valence electrons. The Labute approximate surface area is 150 Å². The van der Waals surface area contributed by atoms with Crippen LogP contribution in [0.5, 0.6) is 0 Å². The number of rotatable bonds is 2. The second-order valence-electron chi connectivity index (χ2n) is 6.62. The first kappa shape index (κ1) is 16.7. The lowest BCUT2D eigenvalue weighted by molar-refractivity contribution is 0.0711. The number of aryl methyl sites for hydroxylation is 1. The minimum absolute atomic E-state index is 0.0691. The minimum Gasteiger partial charge on any atom is -0.336 e. The number of piperazine rings is 1. The number of fused-ring (bicyclic) bond motifs is 1. The summed E-state index contributed by atoms with van der Waals surface area (Å²) in [5, 5.41) is 7.93. The van der Waals surface area contributed by atoms with Crippen LogP contribution in [0.15, 0.2) is 34.9 Å². The molecule has 1 N–H and O–H groups in total. The summed E-state index contributed by atoms with van der Waals surface area (Å²) in [7, 11) is 0. The molecular weight excluding hydrogens is 335 g/mol. The lowest BCUT2D eigenvalue weighted by Crippen LogP contribution is -2.51. The monoisotopic (exact) mass is 354 g/mol. The van der Waals surface area contributed by atoms with E-state index in [0.717, 1.165) is 6.54 Å². The van der Waals surface area contributed by atoms with Crippen molar-refractivity contribution >= 4 is 17.0 Å². The van der Waals surface area contributed by atoms with E-state index in [1.165, 1.54) is 12.1 Å². The molecule has 1 amide bonds. The first-order valence-corrected chi connectivity index (χ1v) is 8.58. The van der Waals surface area contributed by atoms with Crippen LogP contribution in [0, 0.1) is 12.7 Å². The molecule has 0 saturated carbocycles. The number of aromatic nitrogens is 2. The Morgan fingerprint density at radius 1 is 1.35 bits per heavy atom. The molecule has 7 heteroatoms. The van der Waals surface area contributed by atoms with Crippen molar-refractivity contribution in [2.45, 2.75) is 19.9 Å². The van der Waals surface area contributed by atoms with E-state index in [4.69, 9.17) is 4.52 Å². The molecule has 1 atom stereocenters. The Hall–Kier alpha value is -2.80. The number of benzene rings is 1. The second kappa shape index (κ2) is 6.49. The molecule has 0 bridgehead atoms. The Balaban J connectivity index is 1.82. The van der Waals surface area contributed by atoms with Crippen LogP contribution in [0.25, 0.3) is 22.4 Å². The summed E-state index contributed by atoms with van der Waals surface area (Å²) in [6.45, 7) is 5.88. The van der Waals surface area contributed by atoms with Gasteiger partial charge >= 0.3 is 0 Å². The molecule has 1 aromatic carbocycles. The highest BCUT2D eigenvalue weighted by atomic mass is 19.1. The third-order valence-electron chi connectivity index (χ3n) is 4.64. The average molecular weight is 354 g/mol. The molecule has 0 spiro atoms. The molecule has 1 aliphatic rings. The Bertz CT molecular complexity index is 968. The average Bonchev–Trinajstić information content (AvgIpc) is 3.02. The number of halogens is 1. The number of carbonyl (C=O) groups excluding carboxylic acids is 1. The van der Waals surface area contributed by atoms with Gasteiger partial charge in [-0.2, -0.15) is 0 Å². The second-order valence-corrected chi connectivity index (χ2v) is 6.62. The van der Waals surface area contributed by atoms with Gasteiger partial charge in [0.1, 0.15) is 5.82 Å². The summed E-state index contributed by atoms with van der Waals surface area (Å²) in [6.07, 6.45) is 0. The van der Waals surface area contributed by atoms with Crippen molar-refractivity contribution in [1.29, 1.82) is 0 Å².